The number of carbonyl (C=O) groups excluding carboxylic acids is 1. The van der Waals surface area contributed by atoms with E-state index in [-0.39, 0.29) is 11.3 Å². The first-order valence-electron chi connectivity index (χ1n) is 6.58. The lowest BCUT2D eigenvalue weighted by molar-refractivity contribution is 0.0965. The first-order chi connectivity index (χ1) is 8.78. The highest BCUT2D eigenvalue weighted by atomic mass is 16.5. The average molecular weight is 244 g/mol. The molecular weight excluding hydrogens is 228 g/mol. The van der Waals surface area contributed by atoms with Crippen LogP contribution in [0.5, 0.6) is 5.75 Å². The van der Waals surface area contributed by atoms with E-state index in [0.29, 0.717) is 6.54 Å². The smallest absolute Gasteiger partial charge is 0.252 e. The third kappa shape index (κ3) is 1.27. The summed E-state index contributed by atoms with van der Waals surface area (Å²) >= 11 is 0. The van der Waals surface area contributed by atoms with Crippen LogP contribution in [0.25, 0.3) is 0 Å². The van der Waals surface area contributed by atoms with Crippen LogP contribution < -0.4 is 15.4 Å². The highest BCUT2D eigenvalue weighted by molar-refractivity contribution is 5.99. The van der Waals surface area contributed by atoms with Crippen LogP contribution in [0, 0.1) is 0 Å². The molecule has 0 unspecified atom stereocenters. The molecule has 1 fully saturated rings. The fourth-order valence-corrected chi connectivity index (χ4v) is 3.40. The highest BCUT2D eigenvalue weighted by Crippen LogP contribution is 2.45. The number of rotatable bonds is 0. The number of benzene rings is 1. The van der Waals surface area contributed by atoms with Gasteiger partial charge in [-0.15, -0.1) is 0 Å². The summed E-state index contributed by atoms with van der Waals surface area (Å²) in [4.78, 5) is 11.7. The number of amides is 1. The molecule has 2 N–H and O–H groups in total. The molecule has 1 spiro atoms. The Balaban J connectivity index is 1.83. The minimum Gasteiger partial charge on any atom is -0.492 e. The quantitative estimate of drug-likeness (QED) is 0.714. The molecule has 1 aromatic carbocycles. The van der Waals surface area contributed by atoms with Gasteiger partial charge in [0.05, 0.1) is 6.61 Å². The SMILES string of the molecule is O=C1NCc2cc3c(cc21)OCC31CCNCC1. The van der Waals surface area contributed by atoms with Crippen LogP contribution in [0.15, 0.2) is 12.1 Å². The molecule has 0 aliphatic carbocycles. The first-order valence-corrected chi connectivity index (χ1v) is 6.58. The van der Waals surface area contributed by atoms with E-state index < -0.39 is 0 Å². The van der Waals surface area contributed by atoms with Crippen LogP contribution >= 0.6 is 0 Å². The summed E-state index contributed by atoms with van der Waals surface area (Å²) in [5, 5.41) is 6.28. The van der Waals surface area contributed by atoms with E-state index in [0.717, 1.165) is 49.4 Å². The molecule has 1 saturated heterocycles. The van der Waals surface area contributed by atoms with E-state index in [9.17, 15) is 4.79 Å². The van der Waals surface area contributed by atoms with E-state index in [1.54, 1.807) is 0 Å². The molecule has 0 aromatic heterocycles. The summed E-state index contributed by atoms with van der Waals surface area (Å²) in [5.74, 6) is 0.954. The summed E-state index contributed by atoms with van der Waals surface area (Å²) < 4.78 is 5.86. The van der Waals surface area contributed by atoms with Gasteiger partial charge in [0.1, 0.15) is 5.75 Å². The molecule has 4 nitrogen and oxygen atoms in total. The Morgan fingerprint density at radius 3 is 2.89 bits per heavy atom. The van der Waals surface area contributed by atoms with Gasteiger partial charge in [-0.05, 0) is 43.6 Å². The molecule has 94 valence electrons. The van der Waals surface area contributed by atoms with Crippen molar-refractivity contribution < 1.29 is 9.53 Å². The van der Waals surface area contributed by atoms with E-state index in [1.807, 2.05) is 6.07 Å². The third-order valence-electron chi connectivity index (χ3n) is 4.53. The Morgan fingerprint density at radius 2 is 2.06 bits per heavy atom. The van der Waals surface area contributed by atoms with E-state index in [2.05, 4.69) is 16.7 Å². The van der Waals surface area contributed by atoms with Crippen molar-refractivity contribution in [1.29, 1.82) is 0 Å². The zero-order valence-electron chi connectivity index (χ0n) is 10.2. The summed E-state index contributed by atoms with van der Waals surface area (Å²) in [7, 11) is 0. The summed E-state index contributed by atoms with van der Waals surface area (Å²) in [6, 6.07) is 4.13. The highest BCUT2D eigenvalue weighted by Gasteiger charge is 2.42. The average Bonchev–Trinajstić information content (AvgIpc) is 2.93. The Kier molecular flexibility index (Phi) is 2.01. The molecule has 4 rings (SSSR count). The summed E-state index contributed by atoms with van der Waals surface area (Å²) in [6.07, 6.45) is 2.25. The zero-order valence-corrected chi connectivity index (χ0v) is 10.2. The molecule has 0 saturated carbocycles. The Bertz CT molecular complexity index is 533. The molecular formula is C14H16N2O2. The maximum atomic E-state index is 11.7. The van der Waals surface area contributed by atoms with E-state index in [4.69, 9.17) is 4.74 Å². The fourth-order valence-electron chi connectivity index (χ4n) is 3.40. The second kappa shape index (κ2) is 3.48. The standard InChI is InChI=1S/C14H16N2O2/c17-13-10-6-12-11(5-9(10)7-16-13)14(8-18-12)1-3-15-4-2-14/h5-6,15H,1-4,7-8H2,(H,16,17). The molecule has 0 bridgehead atoms. The lowest BCUT2D eigenvalue weighted by Gasteiger charge is -2.32. The first kappa shape index (κ1) is 10.4. The van der Waals surface area contributed by atoms with Crippen molar-refractivity contribution in [2.45, 2.75) is 24.8 Å². The number of hydrogen-bond acceptors (Lipinski definition) is 3. The summed E-state index contributed by atoms with van der Waals surface area (Å²) in [6.45, 7) is 3.54. The second-order valence-corrected chi connectivity index (χ2v) is 5.51. The minimum absolute atomic E-state index is 0.0302. The predicted octanol–water partition coefficient (Wildman–Crippen LogP) is 0.944. The molecule has 3 aliphatic heterocycles. The Hall–Kier alpha value is -1.55. The maximum Gasteiger partial charge on any atom is 0.252 e. The lowest BCUT2D eigenvalue weighted by Crippen LogP contribution is -2.41. The lowest BCUT2D eigenvalue weighted by atomic mass is 9.74. The maximum absolute atomic E-state index is 11.7. The van der Waals surface area contributed by atoms with Gasteiger partial charge in [0.2, 0.25) is 0 Å². The topological polar surface area (TPSA) is 50.4 Å². The summed E-state index contributed by atoms with van der Waals surface area (Å²) in [5.41, 5.74) is 3.42. The molecule has 3 heterocycles. The molecule has 0 atom stereocenters. The number of piperidine rings is 1. The van der Waals surface area contributed by atoms with Gasteiger partial charge < -0.3 is 15.4 Å². The minimum atomic E-state index is 0.0302. The van der Waals surface area contributed by atoms with Crippen molar-refractivity contribution >= 4 is 5.91 Å². The van der Waals surface area contributed by atoms with Gasteiger partial charge in [-0.1, -0.05) is 0 Å². The third-order valence-corrected chi connectivity index (χ3v) is 4.53. The van der Waals surface area contributed by atoms with Gasteiger partial charge in [-0.3, -0.25) is 4.79 Å². The van der Waals surface area contributed by atoms with Crippen LogP contribution in [0.4, 0.5) is 0 Å². The molecule has 3 aliphatic rings. The van der Waals surface area contributed by atoms with Crippen LogP contribution in [-0.2, 0) is 12.0 Å². The van der Waals surface area contributed by atoms with Crippen molar-refractivity contribution in [2.24, 2.45) is 0 Å². The van der Waals surface area contributed by atoms with Gasteiger partial charge in [0, 0.05) is 23.1 Å². The van der Waals surface area contributed by atoms with Gasteiger partial charge in [-0.2, -0.15) is 0 Å². The van der Waals surface area contributed by atoms with Gasteiger partial charge in [-0.25, -0.2) is 0 Å². The number of carbonyl (C=O) groups is 1. The van der Waals surface area contributed by atoms with Crippen molar-refractivity contribution in [2.75, 3.05) is 19.7 Å². The van der Waals surface area contributed by atoms with E-state index in [1.165, 1.54) is 5.56 Å². The van der Waals surface area contributed by atoms with Crippen molar-refractivity contribution in [3.63, 3.8) is 0 Å². The van der Waals surface area contributed by atoms with E-state index >= 15 is 0 Å². The zero-order chi connectivity index (χ0) is 12.2. The van der Waals surface area contributed by atoms with Crippen LogP contribution in [0.2, 0.25) is 0 Å². The Morgan fingerprint density at radius 1 is 1.22 bits per heavy atom. The normalized spacial score (nSPS) is 23.4. The number of nitrogens with one attached hydrogen (secondary N) is 2. The van der Waals surface area contributed by atoms with Gasteiger partial charge >= 0.3 is 0 Å². The monoisotopic (exact) mass is 244 g/mol. The molecule has 0 radical (unpaired) electrons. The van der Waals surface area contributed by atoms with Crippen LogP contribution in [0.3, 0.4) is 0 Å². The predicted molar refractivity (Wildman–Crippen MR) is 66.9 cm³/mol. The van der Waals surface area contributed by atoms with Gasteiger partial charge in [0.15, 0.2) is 0 Å². The largest absolute Gasteiger partial charge is 0.492 e. The molecule has 4 heteroatoms. The van der Waals surface area contributed by atoms with Crippen LogP contribution in [0.1, 0.15) is 34.3 Å². The molecule has 18 heavy (non-hydrogen) atoms. The number of fused-ring (bicyclic) bond motifs is 3. The van der Waals surface area contributed by atoms with Crippen LogP contribution in [-0.4, -0.2) is 25.6 Å². The van der Waals surface area contributed by atoms with Gasteiger partial charge in [0.25, 0.3) is 5.91 Å². The van der Waals surface area contributed by atoms with Crippen molar-refractivity contribution in [3.8, 4) is 5.75 Å². The second-order valence-electron chi connectivity index (χ2n) is 5.51. The molecule has 1 aromatic rings. The van der Waals surface area contributed by atoms with Crippen molar-refractivity contribution in [1.82, 2.24) is 10.6 Å². The fraction of sp³-hybridized carbons (Fsp3) is 0.500. The molecule has 1 amide bonds. The Labute approximate surface area is 106 Å². The van der Waals surface area contributed by atoms with Crippen molar-refractivity contribution in [3.05, 3.63) is 28.8 Å². The number of ether oxygens (including phenoxy) is 1. The number of hydrogen-bond donors (Lipinski definition) is 2.